The number of aromatic nitrogens is 2. The van der Waals surface area contributed by atoms with Gasteiger partial charge in [0, 0.05) is 11.3 Å². The summed E-state index contributed by atoms with van der Waals surface area (Å²) in [5.41, 5.74) is 4.90. The van der Waals surface area contributed by atoms with Crippen LogP contribution in [0.4, 0.5) is 5.69 Å². The van der Waals surface area contributed by atoms with E-state index in [9.17, 15) is 4.79 Å². The fraction of sp³-hybridized carbons (Fsp3) is 0.111. The van der Waals surface area contributed by atoms with Crippen LogP contribution in [-0.2, 0) is 0 Å². The lowest BCUT2D eigenvalue weighted by Crippen LogP contribution is -2.12. The molecule has 112 valence electrons. The minimum Gasteiger partial charge on any atom is -0.322 e. The molecule has 0 saturated carbocycles. The Kier molecular flexibility index (Phi) is 3.73. The van der Waals surface area contributed by atoms with E-state index in [1.807, 2.05) is 19.9 Å². The van der Waals surface area contributed by atoms with Crippen LogP contribution in [0.1, 0.15) is 27.3 Å². The molecule has 0 aliphatic heterocycles. The Morgan fingerprint density at radius 1 is 1.00 bits per heavy atom. The number of nitriles is 1. The molecule has 3 rings (SSSR count). The van der Waals surface area contributed by atoms with Crippen LogP contribution < -0.4 is 5.32 Å². The molecular weight excluding hydrogens is 288 g/mol. The number of amides is 1. The third kappa shape index (κ3) is 3.01. The predicted octanol–water partition coefficient (Wildman–Crippen LogP) is 3.37. The van der Waals surface area contributed by atoms with Gasteiger partial charge in [0.1, 0.15) is 0 Å². The van der Waals surface area contributed by atoms with Crippen LogP contribution >= 0.6 is 0 Å². The number of hydrogen-bond donors (Lipinski definition) is 1. The summed E-state index contributed by atoms with van der Waals surface area (Å²) in [7, 11) is 0. The second-order valence-electron chi connectivity index (χ2n) is 5.24. The average Bonchev–Trinajstić information content (AvgIpc) is 2.56. The number of benzene rings is 2. The molecule has 0 fully saturated rings. The Morgan fingerprint density at radius 2 is 1.65 bits per heavy atom. The first kappa shape index (κ1) is 14.7. The van der Waals surface area contributed by atoms with Crippen LogP contribution in [0.3, 0.4) is 0 Å². The fourth-order valence-electron chi connectivity index (χ4n) is 2.20. The molecule has 0 spiro atoms. The molecule has 1 N–H and O–H groups in total. The highest BCUT2D eigenvalue weighted by atomic mass is 16.1. The molecule has 0 radical (unpaired) electrons. The van der Waals surface area contributed by atoms with Gasteiger partial charge in [-0.2, -0.15) is 5.26 Å². The van der Waals surface area contributed by atoms with Gasteiger partial charge in [-0.15, -0.1) is 0 Å². The molecule has 23 heavy (non-hydrogen) atoms. The Hall–Kier alpha value is -3.26. The molecular formula is C18H14N4O. The van der Waals surface area contributed by atoms with Crippen molar-refractivity contribution in [2.24, 2.45) is 0 Å². The Morgan fingerprint density at radius 3 is 2.30 bits per heavy atom. The molecule has 2 aromatic carbocycles. The number of carbonyl (C=O) groups is 1. The van der Waals surface area contributed by atoms with Crippen LogP contribution in [0.15, 0.2) is 42.5 Å². The van der Waals surface area contributed by atoms with E-state index in [1.165, 1.54) is 0 Å². The van der Waals surface area contributed by atoms with Crippen molar-refractivity contribution in [1.82, 2.24) is 9.97 Å². The first-order valence-corrected chi connectivity index (χ1v) is 7.13. The Bertz CT molecular complexity index is 940. The van der Waals surface area contributed by atoms with Gasteiger partial charge in [-0.25, -0.2) is 9.97 Å². The lowest BCUT2D eigenvalue weighted by Gasteiger charge is -2.07. The topological polar surface area (TPSA) is 78.7 Å². The van der Waals surface area contributed by atoms with Crippen molar-refractivity contribution in [1.29, 1.82) is 5.26 Å². The van der Waals surface area contributed by atoms with Crippen molar-refractivity contribution in [2.45, 2.75) is 13.8 Å². The zero-order valence-electron chi connectivity index (χ0n) is 12.8. The summed E-state index contributed by atoms with van der Waals surface area (Å²) >= 11 is 0. The van der Waals surface area contributed by atoms with E-state index in [-0.39, 0.29) is 5.91 Å². The van der Waals surface area contributed by atoms with Gasteiger partial charge < -0.3 is 5.32 Å². The number of hydrogen-bond acceptors (Lipinski definition) is 4. The normalized spacial score (nSPS) is 10.3. The van der Waals surface area contributed by atoms with E-state index in [4.69, 9.17) is 5.26 Å². The molecule has 0 atom stereocenters. The summed E-state index contributed by atoms with van der Waals surface area (Å²) in [5, 5.41) is 11.6. The molecule has 0 bridgehead atoms. The fourth-order valence-corrected chi connectivity index (χ4v) is 2.20. The quantitative estimate of drug-likeness (QED) is 0.787. The molecule has 0 saturated heterocycles. The van der Waals surface area contributed by atoms with Crippen molar-refractivity contribution in [3.8, 4) is 6.07 Å². The highest BCUT2D eigenvalue weighted by Crippen LogP contribution is 2.16. The van der Waals surface area contributed by atoms with Crippen molar-refractivity contribution in [2.75, 3.05) is 5.32 Å². The predicted molar refractivity (Wildman–Crippen MR) is 88.1 cm³/mol. The summed E-state index contributed by atoms with van der Waals surface area (Å²) in [4.78, 5) is 21.3. The largest absolute Gasteiger partial charge is 0.322 e. The van der Waals surface area contributed by atoms with Crippen LogP contribution in [-0.4, -0.2) is 15.9 Å². The molecule has 3 aromatic rings. The van der Waals surface area contributed by atoms with Crippen molar-refractivity contribution >= 4 is 22.6 Å². The first-order valence-electron chi connectivity index (χ1n) is 7.13. The van der Waals surface area contributed by atoms with Crippen LogP contribution in [0.25, 0.3) is 11.0 Å². The maximum atomic E-state index is 12.3. The summed E-state index contributed by atoms with van der Waals surface area (Å²) in [6.07, 6.45) is 0. The molecule has 5 heteroatoms. The molecule has 1 amide bonds. The molecule has 0 unspecified atom stereocenters. The van der Waals surface area contributed by atoms with Gasteiger partial charge in [0.05, 0.1) is 34.1 Å². The minimum atomic E-state index is -0.225. The third-order valence-electron chi connectivity index (χ3n) is 3.61. The maximum absolute atomic E-state index is 12.3. The number of fused-ring (bicyclic) bond motifs is 1. The zero-order chi connectivity index (χ0) is 16.4. The van der Waals surface area contributed by atoms with Crippen LogP contribution in [0.2, 0.25) is 0 Å². The highest BCUT2D eigenvalue weighted by molar-refractivity contribution is 6.05. The van der Waals surface area contributed by atoms with E-state index in [0.29, 0.717) is 22.3 Å². The summed E-state index contributed by atoms with van der Waals surface area (Å²) in [5.74, 6) is -0.225. The maximum Gasteiger partial charge on any atom is 0.255 e. The smallest absolute Gasteiger partial charge is 0.255 e. The van der Waals surface area contributed by atoms with Crippen molar-refractivity contribution < 1.29 is 4.79 Å². The van der Waals surface area contributed by atoms with Crippen molar-refractivity contribution in [3.63, 3.8) is 0 Å². The van der Waals surface area contributed by atoms with E-state index >= 15 is 0 Å². The summed E-state index contributed by atoms with van der Waals surface area (Å²) in [6, 6.07) is 14.0. The minimum absolute atomic E-state index is 0.225. The molecule has 5 nitrogen and oxygen atoms in total. The molecule has 0 aliphatic rings. The van der Waals surface area contributed by atoms with E-state index in [2.05, 4.69) is 15.3 Å². The highest BCUT2D eigenvalue weighted by Gasteiger charge is 2.09. The Balaban J connectivity index is 1.88. The van der Waals surface area contributed by atoms with E-state index < -0.39 is 0 Å². The van der Waals surface area contributed by atoms with Crippen molar-refractivity contribution in [3.05, 3.63) is 65.0 Å². The van der Waals surface area contributed by atoms with Crippen LogP contribution in [0.5, 0.6) is 0 Å². The lowest BCUT2D eigenvalue weighted by atomic mass is 10.1. The SMILES string of the molecule is Cc1nc2ccc(C(=O)Nc3ccc(C#N)cc3)cc2nc1C. The van der Waals surface area contributed by atoms with Crippen LogP contribution in [0, 0.1) is 25.2 Å². The monoisotopic (exact) mass is 302 g/mol. The molecule has 1 heterocycles. The van der Waals surface area contributed by atoms with Gasteiger partial charge in [0.2, 0.25) is 0 Å². The molecule has 1 aromatic heterocycles. The number of nitrogens with one attached hydrogen (secondary N) is 1. The number of nitrogens with zero attached hydrogens (tertiary/aromatic N) is 3. The van der Waals surface area contributed by atoms with Gasteiger partial charge in [0.25, 0.3) is 5.91 Å². The van der Waals surface area contributed by atoms with E-state index in [1.54, 1.807) is 42.5 Å². The first-order chi connectivity index (χ1) is 11.1. The third-order valence-corrected chi connectivity index (χ3v) is 3.61. The van der Waals surface area contributed by atoms with Gasteiger partial charge >= 0.3 is 0 Å². The van der Waals surface area contributed by atoms with E-state index in [0.717, 1.165) is 16.9 Å². The zero-order valence-corrected chi connectivity index (χ0v) is 12.8. The van der Waals surface area contributed by atoms with Gasteiger partial charge in [-0.05, 0) is 56.3 Å². The number of aryl methyl sites for hydroxylation is 2. The number of rotatable bonds is 2. The van der Waals surface area contributed by atoms with Gasteiger partial charge in [-0.3, -0.25) is 4.79 Å². The molecule has 0 aliphatic carbocycles. The second kappa shape index (κ2) is 5.85. The lowest BCUT2D eigenvalue weighted by molar-refractivity contribution is 0.102. The average molecular weight is 302 g/mol. The number of anilines is 1. The number of carbonyl (C=O) groups excluding carboxylic acids is 1. The van der Waals surface area contributed by atoms with Gasteiger partial charge in [-0.1, -0.05) is 0 Å². The Labute approximate surface area is 133 Å². The summed E-state index contributed by atoms with van der Waals surface area (Å²) < 4.78 is 0. The van der Waals surface area contributed by atoms with Gasteiger partial charge in [0.15, 0.2) is 0 Å². The standard InChI is InChI=1S/C18H14N4O/c1-11-12(2)21-17-9-14(5-8-16(17)20-11)18(23)22-15-6-3-13(10-19)4-7-15/h3-9H,1-2H3,(H,22,23). The second-order valence-corrected chi connectivity index (χ2v) is 5.24. The summed E-state index contributed by atoms with van der Waals surface area (Å²) in [6.45, 7) is 3.80.